The minimum atomic E-state index is 0.194. The molecule has 0 aliphatic rings. The van der Waals surface area contributed by atoms with Gasteiger partial charge in [-0.3, -0.25) is 4.99 Å². The highest BCUT2D eigenvalue weighted by Crippen LogP contribution is 2.10. The van der Waals surface area contributed by atoms with Gasteiger partial charge in [0.15, 0.2) is 0 Å². The Morgan fingerprint density at radius 3 is 1.45 bits per heavy atom. The number of rotatable bonds is 3. The molecule has 0 spiro atoms. The normalized spacial score (nSPS) is 8.77. The first-order valence-electron chi connectivity index (χ1n) is 7.22. The van der Waals surface area contributed by atoms with Crippen molar-refractivity contribution in [1.82, 2.24) is 0 Å². The highest BCUT2D eigenvalue weighted by Gasteiger charge is 2.04. The van der Waals surface area contributed by atoms with Gasteiger partial charge in [0, 0.05) is 17.7 Å². The molecular weight excluding hydrogens is 319 g/mol. The zero-order chi connectivity index (χ0) is 16.6. The van der Waals surface area contributed by atoms with Crippen LogP contribution in [0.5, 0.6) is 0 Å². The fourth-order valence-electron chi connectivity index (χ4n) is 1.70. The second-order valence-electron chi connectivity index (χ2n) is 4.06. The van der Waals surface area contributed by atoms with Gasteiger partial charge in [0.1, 0.15) is 0 Å². The summed E-state index contributed by atoms with van der Waals surface area (Å²) >= 11 is 9.53. The van der Waals surface area contributed by atoms with Gasteiger partial charge in [-0.1, -0.05) is 67.6 Å². The molecule has 0 unspecified atom stereocenters. The number of aliphatic imine (C=N–C) groups is 1. The first-order valence-corrected chi connectivity index (χ1v) is 8.29. The van der Waals surface area contributed by atoms with Crippen molar-refractivity contribution in [2.24, 2.45) is 10.7 Å². The number of benzene rings is 2. The molecule has 0 heterocycles. The highest BCUT2D eigenvalue weighted by atomic mass is 35.5. The first-order chi connectivity index (χ1) is 10.7. The minimum Gasteiger partial charge on any atom is -0.331 e. The number of nitrogens with zero attached hydrogens (tertiary/aromatic N) is 1. The van der Waals surface area contributed by atoms with E-state index in [1.54, 1.807) is 0 Å². The molecule has 2 N–H and O–H groups in total. The van der Waals surface area contributed by atoms with Crippen LogP contribution in [0.15, 0.2) is 65.7 Å². The number of halogens is 2. The molecule has 0 saturated heterocycles. The highest BCUT2D eigenvalue weighted by molar-refractivity contribution is 6.40. The second kappa shape index (κ2) is 14.6. The molecule has 0 atom stereocenters. The molecule has 2 aromatic carbocycles. The predicted molar refractivity (Wildman–Crippen MR) is 100 cm³/mol. The number of hydrogen-bond acceptors (Lipinski definition) is 2. The molecule has 0 aliphatic heterocycles. The Hall–Kier alpha value is -1.35. The van der Waals surface area contributed by atoms with Crippen LogP contribution in [0.25, 0.3) is 0 Å². The van der Waals surface area contributed by atoms with Gasteiger partial charge in [0.2, 0.25) is 0 Å². The van der Waals surface area contributed by atoms with Gasteiger partial charge >= 0.3 is 0 Å². The van der Waals surface area contributed by atoms with Crippen LogP contribution in [0, 0.1) is 0 Å². The van der Waals surface area contributed by atoms with Gasteiger partial charge in [-0.05, 0) is 13.5 Å². The fraction of sp³-hybridized carbons (Fsp3) is 0.278. The average Bonchev–Trinajstić information content (AvgIpc) is 2.56. The van der Waals surface area contributed by atoms with Crippen LogP contribution in [-0.4, -0.2) is 24.1 Å². The zero-order valence-corrected chi connectivity index (χ0v) is 14.7. The van der Waals surface area contributed by atoms with Crippen LogP contribution in [0.2, 0.25) is 0 Å². The molecule has 2 rings (SSSR count). The third kappa shape index (κ3) is 8.83. The van der Waals surface area contributed by atoms with Gasteiger partial charge in [0.05, 0.1) is 11.1 Å². The molecule has 0 aromatic heterocycles. The number of nitrogens with two attached hydrogens (primary N) is 1. The maximum absolute atomic E-state index is 4.85. The second-order valence-corrected chi connectivity index (χ2v) is 4.87. The zero-order valence-electron chi connectivity index (χ0n) is 13.2. The van der Waals surface area contributed by atoms with Crippen molar-refractivity contribution >= 4 is 28.9 Å². The standard InChI is InChI=1S/C15H15N.C2H7N.CH2Cl2/c1-2-16-15(13-9-5-3-6-10-13)14-11-7-4-8-12-14;1-2-3;2-1-3/h3-12H,2H2,1H3;2-3H2,1H3;1H2/i2+1,16+1;2+1,3+1;. The summed E-state index contributed by atoms with van der Waals surface area (Å²) in [6, 6.07) is 20.6. The molecule has 22 heavy (non-hydrogen) atoms. The van der Waals surface area contributed by atoms with Gasteiger partial charge in [0.25, 0.3) is 0 Å². The molecule has 2 nitrogen and oxygen atoms in total. The number of alkyl halides is 2. The predicted octanol–water partition coefficient (Wildman–Crippen LogP) is 4.93. The molecule has 120 valence electrons. The van der Waals surface area contributed by atoms with Crippen molar-refractivity contribution < 1.29 is 0 Å². The SMILES string of the molecule is C[13CH2][15NH2].C[13CH2][15N]=C(c1ccccc1)c1ccccc1.ClCCl. The maximum Gasteiger partial charge on any atom is 0.0967 e. The summed E-state index contributed by atoms with van der Waals surface area (Å²) < 4.78 is 0. The molecular formula is C18H24Cl2N2. The summed E-state index contributed by atoms with van der Waals surface area (Å²) in [4.78, 5) is 4.58. The van der Waals surface area contributed by atoms with E-state index in [1.165, 1.54) is 11.1 Å². The molecule has 0 saturated carbocycles. The fourth-order valence-corrected chi connectivity index (χ4v) is 1.70. The Kier molecular flexibility index (Phi) is 13.7. The van der Waals surface area contributed by atoms with E-state index in [9.17, 15) is 0 Å². The summed E-state index contributed by atoms with van der Waals surface area (Å²) in [5.41, 5.74) is 8.27. The van der Waals surface area contributed by atoms with Gasteiger partial charge < -0.3 is 5.73 Å². The van der Waals surface area contributed by atoms with Crippen molar-refractivity contribution in [2.75, 3.05) is 18.4 Å². The van der Waals surface area contributed by atoms with Crippen LogP contribution in [0.1, 0.15) is 25.0 Å². The minimum absolute atomic E-state index is 0.194. The van der Waals surface area contributed by atoms with Gasteiger partial charge in [-0.15, -0.1) is 23.2 Å². The van der Waals surface area contributed by atoms with E-state index in [4.69, 9.17) is 28.9 Å². The third-order valence-electron chi connectivity index (χ3n) is 2.41. The maximum atomic E-state index is 4.85. The van der Waals surface area contributed by atoms with Crippen molar-refractivity contribution in [1.29, 1.82) is 0 Å². The smallest absolute Gasteiger partial charge is 0.0967 e. The average molecular weight is 343 g/mol. The Morgan fingerprint density at radius 2 is 1.18 bits per heavy atom. The molecule has 0 fully saturated rings. The van der Waals surface area contributed by atoms with Gasteiger partial charge in [-0.25, -0.2) is 0 Å². The monoisotopic (exact) mass is 342 g/mol. The molecule has 0 amide bonds. The summed E-state index contributed by atoms with van der Waals surface area (Å²) in [5, 5.41) is 0.194. The molecule has 0 radical (unpaired) electrons. The Morgan fingerprint density at radius 1 is 0.864 bits per heavy atom. The Labute approximate surface area is 144 Å². The molecule has 0 aliphatic carbocycles. The summed E-state index contributed by atoms with van der Waals surface area (Å²) in [7, 11) is 0. The Bertz CT molecular complexity index is 456. The van der Waals surface area contributed by atoms with Crippen LogP contribution in [0.3, 0.4) is 0 Å². The van der Waals surface area contributed by atoms with E-state index in [-0.39, 0.29) is 5.34 Å². The van der Waals surface area contributed by atoms with Crippen molar-refractivity contribution in [3.63, 3.8) is 0 Å². The lowest BCUT2D eigenvalue weighted by Crippen LogP contribution is -2.03. The lowest BCUT2D eigenvalue weighted by molar-refractivity contribution is 1.13. The van der Waals surface area contributed by atoms with E-state index in [1.807, 2.05) is 43.3 Å². The lowest BCUT2D eigenvalue weighted by Gasteiger charge is -2.06. The van der Waals surface area contributed by atoms with Crippen LogP contribution in [-0.2, 0) is 0 Å². The molecule has 4 heteroatoms. The summed E-state index contributed by atoms with van der Waals surface area (Å²) in [5.74, 6) is 0. The summed E-state index contributed by atoms with van der Waals surface area (Å²) in [6.45, 7) is 5.52. The quantitative estimate of drug-likeness (QED) is 0.365. The van der Waals surface area contributed by atoms with Crippen molar-refractivity contribution in [3.8, 4) is 0 Å². The first kappa shape index (κ1) is 20.7. The third-order valence-corrected chi connectivity index (χ3v) is 2.41. The van der Waals surface area contributed by atoms with Crippen LogP contribution in [0.4, 0.5) is 0 Å². The van der Waals surface area contributed by atoms with E-state index >= 15 is 0 Å². The van der Waals surface area contributed by atoms with Gasteiger partial charge in [-0.2, -0.15) is 0 Å². The molecule has 0 bridgehead atoms. The Balaban J connectivity index is 0.000000639. The molecule has 2 aromatic rings. The van der Waals surface area contributed by atoms with E-state index in [0.717, 1.165) is 18.8 Å². The summed E-state index contributed by atoms with van der Waals surface area (Å²) in [6.07, 6.45) is 0. The van der Waals surface area contributed by atoms with E-state index in [0.29, 0.717) is 0 Å². The lowest BCUT2D eigenvalue weighted by atomic mass is 10.0. The van der Waals surface area contributed by atoms with Crippen molar-refractivity contribution in [3.05, 3.63) is 71.8 Å². The van der Waals surface area contributed by atoms with Crippen LogP contribution >= 0.6 is 23.2 Å². The topological polar surface area (TPSA) is 38.4 Å². The number of hydrogen-bond donors (Lipinski definition) is 1. The van der Waals surface area contributed by atoms with E-state index in [2.05, 4.69) is 36.2 Å². The van der Waals surface area contributed by atoms with Crippen LogP contribution < -0.4 is 5.73 Å². The van der Waals surface area contributed by atoms with E-state index < -0.39 is 0 Å². The van der Waals surface area contributed by atoms with Crippen molar-refractivity contribution in [2.45, 2.75) is 13.8 Å². The largest absolute Gasteiger partial charge is 0.331 e.